The van der Waals surface area contributed by atoms with Gasteiger partial charge in [-0.3, -0.25) is 10.1 Å². The number of aryl methyl sites for hydroxylation is 1. The first-order valence-electron chi connectivity index (χ1n) is 7.42. The molecule has 2 rings (SSSR count). The Bertz CT molecular complexity index is 509. The van der Waals surface area contributed by atoms with E-state index in [9.17, 15) is 10.1 Å². The Hall–Kier alpha value is -1.42. The molecule has 20 heavy (non-hydrogen) atoms. The summed E-state index contributed by atoms with van der Waals surface area (Å²) in [7, 11) is 2.01. The van der Waals surface area contributed by atoms with Gasteiger partial charge in [-0.2, -0.15) is 0 Å². The minimum Gasteiger partial charge on any atom is -0.316 e. The van der Waals surface area contributed by atoms with E-state index >= 15 is 0 Å². The number of nitrogens with zero attached hydrogens (tertiary/aromatic N) is 1. The monoisotopic (exact) mass is 276 g/mol. The Balaban J connectivity index is 2.37. The second-order valence-electron chi connectivity index (χ2n) is 5.87. The molecule has 1 aromatic rings. The van der Waals surface area contributed by atoms with Crippen LogP contribution in [0.1, 0.15) is 50.2 Å². The average molecular weight is 276 g/mol. The van der Waals surface area contributed by atoms with Crippen LogP contribution in [0.3, 0.4) is 0 Å². The largest absolute Gasteiger partial charge is 0.316 e. The quantitative estimate of drug-likeness (QED) is 0.657. The van der Waals surface area contributed by atoms with Crippen molar-refractivity contribution in [1.82, 2.24) is 5.32 Å². The molecule has 1 aliphatic carbocycles. The molecular formula is C16H24N2O2. The SMILES string of the molecule is CCC1(CC)C(NC)CC1c1ccc(C)c([N+](=O)[O-])c1. The summed E-state index contributed by atoms with van der Waals surface area (Å²) in [6.07, 6.45) is 3.26. The van der Waals surface area contributed by atoms with Gasteiger partial charge in [-0.25, -0.2) is 0 Å². The molecule has 4 nitrogen and oxygen atoms in total. The highest BCUT2D eigenvalue weighted by Gasteiger charge is 2.52. The third kappa shape index (κ3) is 2.12. The van der Waals surface area contributed by atoms with Gasteiger partial charge in [0.25, 0.3) is 5.69 Å². The second-order valence-corrected chi connectivity index (χ2v) is 5.87. The van der Waals surface area contributed by atoms with Crippen molar-refractivity contribution >= 4 is 5.69 Å². The first kappa shape index (κ1) is 15.0. The van der Waals surface area contributed by atoms with E-state index in [1.165, 1.54) is 0 Å². The number of nitrogens with one attached hydrogen (secondary N) is 1. The lowest BCUT2D eigenvalue weighted by molar-refractivity contribution is -0.385. The minimum atomic E-state index is -0.271. The highest BCUT2D eigenvalue weighted by Crippen LogP contribution is 2.57. The van der Waals surface area contributed by atoms with E-state index in [1.54, 1.807) is 13.0 Å². The van der Waals surface area contributed by atoms with Gasteiger partial charge in [-0.05, 0) is 50.1 Å². The standard InChI is InChI=1S/C16H24N2O2/c1-5-16(6-2)13(10-15(16)17-4)12-8-7-11(3)14(9-12)18(19)20/h7-9,13,15,17H,5-6,10H2,1-4H3. The normalized spacial score (nSPS) is 24.2. The first-order chi connectivity index (χ1) is 9.50. The molecule has 0 aromatic heterocycles. The maximum atomic E-state index is 11.1. The van der Waals surface area contributed by atoms with Crippen molar-refractivity contribution in [2.45, 2.75) is 52.0 Å². The molecule has 1 aliphatic rings. The number of benzene rings is 1. The first-order valence-corrected chi connectivity index (χ1v) is 7.42. The summed E-state index contributed by atoms with van der Waals surface area (Å²) in [5, 5.41) is 14.5. The fraction of sp³-hybridized carbons (Fsp3) is 0.625. The van der Waals surface area contributed by atoms with E-state index in [-0.39, 0.29) is 16.0 Å². The summed E-state index contributed by atoms with van der Waals surface area (Å²) in [5.74, 6) is 0.425. The van der Waals surface area contributed by atoms with Crippen LogP contribution >= 0.6 is 0 Å². The third-order valence-corrected chi connectivity index (χ3v) is 5.36. The maximum Gasteiger partial charge on any atom is 0.272 e. The summed E-state index contributed by atoms with van der Waals surface area (Å²) in [5.41, 5.74) is 2.34. The van der Waals surface area contributed by atoms with Gasteiger partial charge in [0.05, 0.1) is 4.92 Å². The molecule has 0 radical (unpaired) electrons. The van der Waals surface area contributed by atoms with Crippen molar-refractivity contribution in [3.8, 4) is 0 Å². The molecule has 1 aromatic carbocycles. The minimum absolute atomic E-state index is 0.234. The van der Waals surface area contributed by atoms with Crippen molar-refractivity contribution in [2.75, 3.05) is 7.05 Å². The van der Waals surface area contributed by atoms with E-state index in [1.807, 2.05) is 13.1 Å². The molecular weight excluding hydrogens is 252 g/mol. The van der Waals surface area contributed by atoms with E-state index < -0.39 is 0 Å². The zero-order valence-electron chi connectivity index (χ0n) is 12.8. The van der Waals surface area contributed by atoms with Gasteiger partial charge in [0.2, 0.25) is 0 Å². The van der Waals surface area contributed by atoms with Crippen LogP contribution in [0.5, 0.6) is 0 Å². The zero-order chi connectivity index (χ0) is 14.9. The van der Waals surface area contributed by atoms with E-state index in [0.717, 1.165) is 30.4 Å². The van der Waals surface area contributed by atoms with Crippen LogP contribution in [-0.2, 0) is 0 Å². The number of hydrogen-bond acceptors (Lipinski definition) is 3. The lowest BCUT2D eigenvalue weighted by atomic mass is 9.52. The fourth-order valence-electron chi connectivity index (χ4n) is 3.94. The summed E-state index contributed by atoms with van der Waals surface area (Å²) in [6, 6.07) is 6.25. The summed E-state index contributed by atoms with van der Waals surface area (Å²) in [4.78, 5) is 10.8. The molecule has 2 atom stereocenters. The van der Waals surface area contributed by atoms with Crippen LogP contribution in [0.2, 0.25) is 0 Å². The summed E-state index contributed by atoms with van der Waals surface area (Å²) >= 11 is 0. The smallest absolute Gasteiger partial charge is 0.272 e. The molecule has 110 valence electrons. The maximum absolute atomic E-state index is 11.1. The van der Waals surface area contributed by atoms with Gasteiger partial charge in [-0.1, -0.05) is 26.0 Å². The number of nitro groups is 1. The van der Waals surface area contributed by atoms with Gasteiger partial charge in [0, 0.05) is 17.7 Å². The van der Waals surface area contributed by atoms with Crippen LogP contribution < -0.4 is 5.32 Å². The van der Waals surface area contributed by atoms with E-state index in [4.69, 9.17) is 0 Å². The van der Waals surface area contributed by atoms with Gasteiger partial charge in [0.15, 0.2) is 0 Å². The van der Waals surface area contributed by atoms with Crippen molar-refractivity contribution in [2.24, 2.45) is 5.41 Å². The molecule has 1 N–H and O–H groups in total. The third-order valence-electron chi connectivity index (χ3n) is 5.36. The van der Waals surface area contributed by atoms with Crippen LogP contribution in [-0.4, -0.2) is 18.0 Å². The molecule has 1 fully saturated rings. The Morgan fingerprint density at radius 1 is 1.40 bits per heavy atom. The van der Waals surface area contributed by atoms with Gasteiger partial charge >= 0.3 is 0 Å². The Morgan fingerprint density at radius 3 is 2.55 bits per heavy atom. The Labute approximate surface area is 120 Å². The van der Waals surface area contributed by atoms with E-state index in [2.05, 4.69) is 25.2 Å². The van der Waals surface area contributed by atoms with Crippen LogP contribution in [0, 0.1) is 22.5 Å². The number of hydrogen-bond donors (Lipinski definition) is 1. The van der Waals surface area contributed by atoms with Crippen LogP contribution in [0.15, 0.2) is 18.2 Å². The zero-order valence-corrected chi connectivity index (χ0v) is 12.8. The van der Waals surface area contributed by atoms with Crippen LogP contribution in [0.4, 0.5) is 5.69 Å². The Morgan fingerprint density at radius 2 is 2.05 bits per heavy atom. The summed E-state index contributed by atoms with van der Waals surface area (Å²) < 4.78 is 0. The molecule has 0 amide bonds. The van der Waals surface area contributed by atoms with Crippen molar-refractivity contribution in [3.63, 3.8) is 0 Å². The van der Waals surface area contributed by atoms with Gasteiger partial charge in [0.1, 0.15) is 0 Å². The Kier molecular flexibility index (Phi) is 4.14. The average Bonchev–Trinajstić information content (AvgIpc) is 2.41. The summed E-state index contributed by atoms with van der Waals surface area (Å²) in [6.45, 7) is 6.25. The topological polar surface area (TPSA) is 55.2 Å². The second kappa shape index (κ2) is 5.52. The van der Waals surface area contributed by atoms with Crippen molar-refractivity contribution in [1.29, 1.82) is 0 Å². The molecule has 0 spiro atoms. The van der Waals surface area contributed by atoms with Crippen LogP contribution in [0.25, 0.3) is 0 Å². The van der Waals surface area contributed by atoms with Gasteiger partial charge < -0.3 is 5.32 Å². The lowest BCUT2D eigenvalue weighted by Crippen LogP contribution is -2.57. The highest BCUT2D eigenvalue weighted by molar-refractivity contribution is 5.45. The predicted octanol–water partition coefficient (Wildman–Crippen LogP) is 3.78. The van der Waals surface area contributed by atoms with Crippen molar-refractivity contribution in [3.05, 3.63) is 39.4 Å². The molecule has 0 aliphatic heterocycles. The molecule has 1 saturated carbocycles. The van der Waals surface area contributed by atoms with Gasteiger partial charge in [-0.15, -0.1) is 0 Å². The predicted molar refractivity (Wildman–Crippen MR) is 81.1 cm³/mol. The molecule has 0 heterocycles. The molecule has 4 heteroatoms. The highest BCUT2D eigenvalue weighted by atomic mass is 16.6. The number of rotatable bonds is 5. The van der Waals surface area contributed by atoms with Crippen molar-refractivity contribution < 1.29 is 4.92 Å². The molecule has 0 bridgehead atoms. The lowest BCUT2D eigenvalue weighted by Gasteiger charge is -2.56. The van der Waals surface area contributed by atoms with E-state index in [0.29, 0.717) is 12.0 Å². The number of nitro benzene ring substituents is 1. The fourth-order valence-corrected chi connectivity index (χ4v) is 3.94. The molecule has 0 saturated heterocycles. The molecule has 2 unspecified atom stereocenters.